The van der Waals surface area contributed by atoms with E-state index in [-0.39, 0.29) is 12.3 Å². The Morgan fingerprint density at radius 1 is 1.43 bits per heavy atom. The summed E-state index contributed by atoms with van der Waals surface area (Å²) in [5.74, 6) is -1.33. The number of likely N-dealkylation sites (tertiary alicyclic amines) is 1. The molecule has 1 atom stereocenters. The van der Waals surface area contributed by atoms with Crippen LogP contribution in [0.25, 0.3) is 0 Å². The van der Waals surface area contributed by atoms with Crippen LogP contribution in [0.5, 0.6) is 5.75 Å². The van der Waals surface area contributed by atoms with E-state index in [1.54, 1.807) is 6.92 Å². The molecule has 1 saturated heterocycles. The summed E-state index contributed by atoms with van der Waals surface area (Å²) in [6.45, 7) is 4.85. The van der Waals surface area contributed by atoms with Crippen LogP contribution in [0.1, 0.15) is 37.6 Å². The van der Waals surface area contributed by atoms with Crippen LogP contribution in [0.2, 0.25) is 0 Å². The number of carboxylic acids is 1. The Kier molecular flexibility index (Phi) is 4.67. The maximum Gasteiger partial charge on any atom is 0.323 e. The van der Waals surface area contributed by atoms with Crippen LogP contribution in [0, 0.1) is 6.92 Å². The molecule has 0 radical (unpaired) electrons. The number of hydrogen-bond acceptors (Lipinski definition) is 4. The van der Waals surface area contributed by atoms with Crippen LogP contribution in [-0.4, -0.2) is 38.2 Å². The maximum atomic E-state index is 11.8. The minimum absolute atomic E-state index is 0.253. The van der Waals surface area contributed by atoms with E-state index in [2.05, 4.69) is 11.8 Å². The van der Waals surface area contributed by atoms with E-state index in [0.29, 0.717) is 24.0 Å². The van der Waals surface area contributed by atoms with Gasteiger partial charge in [-0.3, -0.25) is 14.5 Å². The molecule has 2 rings (SSSR count). The molecule has 6 heteroatoms. The number of aliphatic carboxylic acids is 1. The molecule has 2 heterocycles. The quantitative estimate of drug-likeness (QED) is 0.875. The Bertz CT molecular complexity index is 594. The van der Waals surface area contributed by atoms with Crippen molar-refractivity contribution in [1.29, 1.82) is 0 Å². The number of hydrogen-bond donors (Lipinski definition) is 2. The van der Waals surface area contributed by atoms with E-state index in [1.807, 2.05) is 0 Å². The number of carboxylic acid groups (broad SMARTS) is 1. The van der Waals surface area contributed by atoms with Gasteiger partial charge in [-0.2, -0.15) is 0 Å². The largest absolute Gasteiger partial charge is 0.503 e. The number of aromatic hydroxyl groups is 1. The Labute approximate surface area is 123 Å². The molecule has 1 aliphatic heterocycles. The van der Waals surface area contributed by atoms with Crippen molar-refractivity contribution < 1.29 is 15.0 Å². The third kappa shape index (κ3) is 3.44. The molecule has 0 spiro atoms. The molecular formula is C15H22N2O4. The average Bonchev–Trinajstić information content (AvgIpc) is 2.42. The summed E-state index contributed by atoms with van der Waals surface area (Å²) in [6.07, 6.45) is 3.34. The molecule has 1 aromatic rings. The number of aryl methyl sites for hydroxylation is 1. The van der Waals surface area contributed by atoms with Crippen molar-refractivity contribution in [1.82, 2.24) is 9.47 Å². The van der Waals surface area contributed by atoms with E-state index < -0.39 is 11.4 Å². The minimum Gasteiger partial charge on any atom is -0.503 e. The molecule has 1 unspecified atom stereocenters. The van der Waals surface area contributed by atoms with Crippen molar-refractivity contribution in [2.45, 2.75) is 52.2 Å². The van der Waals surface area contributed by atoms with Gasteiger partial charge in [0.15, 0.2) is 5.75 Å². The van der Waals surface area contributed by atoms with Gasteiger partial charge in [0.05, 0.1) is 5.69 Å². The molecule has 116 valence electrons. The summed E-state index contributed by atoms with van der Waals surface area (Å²) in [4.78, 5) is 25.0. The van der Waals surface area contributed by atoms with Gasteiger partial charge in [-0.15, -0.1) is 0 Å². The molecule has 0 saturated carbocycles. The van der Waals surface area contributed by atoms with Crippen molar-refractivity contribution in [3.63, 3.8) is 0 Å². The van der Waals surface area contributed by atoms with E-state index in [4.69, 9.17) is 5.11 Å². The second kappa shape index (κ2) is 6.30. The minimum atomic E-state index is -0.992. The van der Waals surface area contributed by atoms with E-state index >= 15 is 0 Å². The molecule has 0 aliphatic carbocycles. The van der Waals surface area contributed by atoms with Crippen LogP contribution in [0.4, 0.5) is 0 Å². The number of rotatable bonds is 4. The smallest absolute Gasteiger partial charge is 0.323 e. The lowest BCUT2D eigenvalue weighted by Gasteiger charge is -2.34. The lowest BCUT2D eigenvalue weighted by atomic mass is 10.0. The standard InChI is InChI=1S/C15H22N2O4/c1-10-5-3-4-6-16(10)8-12-15(21)13(18)7-11(2)17(12)9-14(19)20/h7,10,21H,3-6,8-9H2,1-2H3,(H,19,20). The lowest BCUT2D eigenvalue weighted by molar-refractivity contribution is -0.137. The van der Waals surface area contributed by atoms with Crippen molar-refractivity contribution in [2.75, 3.05) is 6.54 Å². The Morgan fingerprint density at radius 3 is 2.76 bits per heavy atom. The molecular weight excluding hydrogens is 272 g/mol. The summed E-state index contributed by atoms with van der Waals surface area (Å²) < 4.78 is 1.51. The average molecular weight is 294 g/mol. The second-order valence-electron chi connectivity index (χ2n) is 5.74. The molecule has 0 bridgehead atoms. The first-order valence-electron chi connectivity index (χ1n) is 7.28. The zero-order chi connectivity index (χ0) is 15.6. The van der Waals surface area contributed by atoms with Gasteiger partial charge in [0.1, 0.15) is 6.54 Å². The number of aromatic nitrogens is 1. The second-order valence-corrected chi connectivity index (χ2v) is 5.74. The topological polar surface area (TPSA) is 82.8 Å². The fourth-order valence-corrected chi connectivity index (χ4v) is 2.92. The molecule has 1 aromatic heterocycles. The summed E-state index contributed by atoms with van der Waals surface area (Å²) in [6, 6.07) is 1.65. The van der Waals surface area contributed by atoms with Gasteiger partial charge in [0, 0.05) is 24.3 Å². The van der Waals surface area contributed by atoms with Crippen LogP contribution >= 0.6 is 0 Å². The van der Waals surface area contributed by atoms with Crippen molar-refractivity contribution in [3.8, 4) is 5.75 Å². The predicted octanol–water partition coefficient (Wildman–Crippen LogP) is 1.32. The predicted molar refractivity (Wildman–Crippen MR) is 78.5 cm³/mol. The summed E-state index contributed by atoms with van der Waals surface area (Å²) in [5.41, 5.74) is 0.504. The first kappa shape index (κ1) is 15.6. The fourth-order valence-electron chi connectivity index (χ4n) is 2.92. The molecule has 21 heavy (non-hydrogen) atoms. The highest BCUT2D eigenvalue weighted by atomic mass is 16.4. The molecule has 1 aliphatic rings. The lowest BCUT2D eigenvalue weighted by Crippen LogP contribution is -2.38. The van der Waals surface area contributed by atoms with Gasteiger partial charge < -0.3 is 14.8 Å². The van der Waals surface area contributed by atoms with E-state index in [1.165, 1.54) is 17.1 Å². The first-order chi connectivity index (χ1) is 9.90. The number of pyridine rings is 1. The van der Waals surface area contributed by atoms with Crippen molar-refractivity contribution in [2.24, 2.45) is 0 Å². The van der Waals surface area contributed by atoms with E-state index in [0.717, 1.165) is 19.4 Å². The molecule has 0 aromatic carbocycles. The van der Waals surface area contributed by atoms with Gasteiger partial charge in [-0.05, 0) is 33.2 Å². The molecule has 0 amide bonds. The third-order valence-corrected chi connectivity index (χ3v) is 4.19. The van der Waals surface area contributed by atoms with Crippen molar-refractivity contribution >= 4 is 5.97 Å². The fraction of sp³-hybridized carbons (Fsp3) is 0.600. The Morgan fingerprint density at radius 2 is 2.14 bits per heavy atom. The highest BCUT2D eigenvalue weighted by Crippen LogP contribution is 2.22. The first-order valence-corrected chi connectivity index (χ1v) is 7.28. The SMILES string of the molecule is Cc1cc(=O)c(O)c(CN2CCCCC2C)n1CC(=O)O. The zero-order valence-electron chi connectivity index (χ0n) is 12.5. The summed E-state index contributed by atoms with van der Waals surface area (Å²) in [7, 11) is 0. The normalized spacial score (nSPS) is 19.6. The third-order valence-electron chi connectivity index (χ3n) is 4.19. The van der Waals surface area contributed by atoms with Crippen LogP contribution < -0.4 is 5.43 Å². The van der Waals surface area contributed by atoms with Gasteiger partial charge in [-0.1, -0.05) is 6.42 Å². The number of carbonyl (C=O) groups is 1. The highest BCUT2D eigenvalue weighted by molar-refractivity contribution is 5.67. The summed E-state index contributed by atoms with van der Waals surface area (Å²) in [5, 5.41) is 19.1. The van der Waals surface area contributed by atoms with E-state index in [9.17, 15) is 14.7 Å². The van der Waals surface area contributed by atoms with Crippen LogP contribution in [-0.2, 0) is 17.9 Å². The molecule has 2 N–H and O–H groups in total. The van der Waals surface area contributed by atoms with Gasteiger partial charge in [0.25, 0.3) is 0 Å². The van der Waals surface area contributed by atoms with Gasteiger partial charge in [0.2, 0.25) is 5.43 Å². The summed E-state index contributed by atoms with van der Waals surface area (Å²) >= 11 is 0. The zero-order valence-corrected chi connectivity index (χ0v) is 12.5. The van der Waals surface area contributed by atoms with Crippen molar-refractivity contribution in [3.05, 3.63) is 27.7 Å². The number of nitrogens with zero attached hydrogens (tertiary/aromatic N) is 2. The Hall–Kier alpha value is -1.82. The number of piperidine rings is 1. The van der Waals surface area contributed by atoms with Gasteiger partial charge >= 0.3 is 5.97 Å². The van der Waals surface area contributed by atoms with Crippen LogP contribution in [0.3, 0.4) is 0 Å². The Balaban J connectivity index is 2.39. The molecule has 6 nitrogen and oxygen atoms in total. The highest BCUT2D eigenvalue weighted by Gasteiger charge is 2.23. The van der Waals surface area contributed by atoms with Gasteiger partial charge in [-0.25, -0.2) is 0 Å². The maximum absolute atomic E-state index is 11.8. The monoisotopic (exact) mass is 294 g/mol. The van der Waals surface area contributed by atoms with Crippen LogP contribution in [0.15, 0.2) is 10.9 Å². The molecule has 1 fully saturated rings.